The van der Waals surface area contributed by atoms with Gasteiger partial charge in [0.1, 0.15) is 12.4 Å². The van der Waals surface area contributed by atoms with Crippen LogP contribution in [0.15, 0.2) is 60.8 Å². The third-order valence-corrected chi connectivity index (χ3v) is 7.29. The number of hydrogen-bond acceptors (Lipinski definition) is 4. The molecule has 1 unspecified atom stereocenters. The number of para-hydroxylation sites is 1. The maximum Gasteiger partial charge on any atom is 0.249 e. The minimum atomic E-state index is -0.571. The molecule has 0 radical (unpaired) electrons. The van der Waals surface area contributed by atoms with Crippen LogP contribution in [0, 0.1) is 5.82 Å². The van der Waals surface area contributed by atoms with Crippen LogP contribution in [0.1, 0.15) is 40.4 Å². The Morgan fingerprint density at radius 2 is 1.97 bits per heavy atom. The van der Waals surface area contributed by atoms with Crippen LogP contribution >= 0.6 is 0 Å². The first kappa shape index (κ1) is 24.7. The number of H-pyrrole nitrogens is 1. The molecule has 0 saturated heterocycles. The molecule has 4 aromatic rings. The van der Waals surface area contributed by atoms with E-state index in [2.05, 4.69) is 47.3 Å². The van der Waals surface area contributed by atoms with Crippen molar-refractivity contribution < 1.29 is 18.7 Å². The average molecular weight is 502 g/mol. The van der Waals surface area contributed by atoms with Gasteiger partial charge in [0, 0.05) is 46.9 Å². The molecule has 0 saturated carbocycles. The molecule has 3 aromatic carbocycles. The number of hydrogen-bond donors (Lipinski definition) is 2. The lowest BCUT2D eigenvalue weighted by molar-refractivity contribution is 0.0997. The van der Waals surface area contributed by atoms with Crippen molar-refractivity contribution in [2.24, 2.45) is 5.73 Å². The molecule has 0 aliphatic carbocycles. The van der Waals surface area contributed by atoms with Gasteiger partial charge in [-0.1, -0.05) is 18.2 Å². The number of nitrogens with two attached hydrogens (primary N) is 1. The number of carbonyl (C=O) groups is 1. The minimum Gasteiger partial charge on any atom is -0.497 e. The van der Waals surface area contributed by atoms with E-state index in [-0.39, 0.29) is 11.8 Å². The Labute approximate surface area is 216 Å². The second-order valence-electron chi connectivity index (χ2n) is 9.43. The Hall–Kier alpha value is -4.00. The molecular weight excluding hydrogens is 469 g/mol. The molecule has 6 nitrogen and oxygen atoms in total. The van der Waals surface area contributed by atoms with Crippen molar-refractivity contribution in [2.75, 3.05) is 25.2 Å². The summed E-state index contributed by atoms with van der Waals surface area (Å²) in [6, 6.07) is 17.2. The first-order valence-electron chi connectivity index (χ1n) is 12.7. The van der Waals surface area contributed by atoms with Gasteiger partial charge in [-0.3, -0.25) is 4.79 Å². The van der Waals surface area contributed by atoms with Gasteiger partial charge in [0.25, 0.3) is 0 Å². The molecule has 37 heavy (non-hydrogen) atoms. The van der Waals surface area contributed by atoms with Crippen LogP contribution in [-0.2, 0) is 19.3 Å². The lowest BCUT2D eigenvalue weighted by atomic mass is 9.94. The van der Waals surface area contributed by atoms with Gasteiger partial charge in [-0.15, -0.1) is 0 Å². The summed E-state index contributed by atoms with van der Waals surface area (Å²) in [5.74, 6) is -0.0316. The highest BCUT2D eigenvalue weighted by Crippen LogP contribution is 2.35. The molecule has 1 atom stereocenters. The van der Waals surface area contributed by atoms with E-state index in [4.69, 9.17) is 15.2 Å². The van der Waals surface area contributed by atoms with Gasteiger partial charge < -0.3 is 25.1 Å². The molecule has 2 heterocycles. The van der Waals surface area contributed by atoms with Gasteiger partial charge in [-0.25, -0.2) is 4.39 Å². The van der Waals surface area contributed by atoms with Crippen molar-refractivity contribution in [1.82, 2.24) is 4.98 Å². The van der Waals surface area contributed by atoms with Gasteiger partial charge in [0.15, 0.2) is 11.6 Å². The Bertz CT molecular complexity index is 1430. The van der Waals surface area contributed by atoms with Gasteiger partial charge in [-0.05, 0) is 73.7 Å². The van der Waals surface area contributed by atoms with Crippen LogP contribution in [0.3, 0.4) is 0 Å². The minimum absolute atomic E-state index is 0.0420. The number of carbonyl (C=O) groups excluding carboxylic acids is 1. The number of aryl methyl sites for hydroxylation is 2. The fourth-order valence-electron chi connectivity index (χ4n) is 5.45. The summed E-state index contributed by atoms with van der Waals surface area (Å²) in [6.45, 7) is 3.20. The molecule has 1 aliphatic heterocycles. The Kier molecular flexibility index (Phi) is 7.04. The monoisotopic (exact) mass is 501 g/mol. The maximum atomic E-state index is 14.4. The molecule has 192 valence electrons. The van der Waals surface area contributed by atoms with E-state index < -0.39 is 11.7 Å². The van der Waals surface area contributed by atoms with Crippen molar-refractivity contribution in [3.8, 4) is 11.5 Å². The summed E-state index contributed by atoms with van der Waals surface area (Å²) >= 11 is 0. The van der Waals surface area contributed by atoms with E-state index in [9.17, 15) is 9.18 Å². The first-order valence-corrected chi connectivity index (χ1v) is 12.7. The Balaban J connectivity index is 1.35. The van der Waals surface area contributed by atoms with Crippen molar-refractivity contribution >= 4 is 22.5 Å². The standard InChI is InChI=1S/C30H32FN3O3/c1-3-34(21-15-25-23(30(32)35)12-13-26(31)29(25)37-18-21)28-10-5-4-7-19(28)8-6-9-20-17-33-27-14-11-22(36-2)16-24(20)27/h4-5,7,10-14,16-17,21,33H,3,6,8-9,15,18H2,1-2H3,(H2,32,35). The number of methoxy groups -OCH3 is 1. The van der Waals surface area contributed by atoms with E-state index in [0.29, 0.717) is 24.2 Å². The summed E-state index contributed by atoms with van der Waals surface area (Å²) < 4.78 is 25.7. The number of nitrogens with one attached hydrogen (secondary N) is 1. The lowest BCUT2D eigenvalue weighted by Crippen LogP contribution is -2.44. The number of halogens is 1. The maximum absolute atomic E-state index is 14.4. The second-order valence-corrected chi connectivity index (χ2v) is 9.43. The molecule has 1 aromatic heterocycles. The van der Waals surface area contributed by atoms with Gasteiger partial charge >= 0.3 is 0 Å². The molecule has 1 amide bonds. The van der Waals surface area contributed by atoms with Crippen LogP contribution in [0.5, 0.6) is 11.5 Å². The lowest BCUT2D eigenvalue weighted by Gasteiger charge is -2.37. The number of ether oxygens (including phenoxy) is 2. The third kappa shape index (κ3) is 4.86. The summed E-state index contributed by atoms with van der Waals surface area (Å²) in [6.07, 6.45) is 5.41. The smallest absolute Gasteiger partial charge is 0.249 e. The van der Waals surface area contributed by atoms with Gasteiger partial charge in [0.2, 0.25) is 5.91 Å². The fraction of sp³-hybridized carbons (Fsp3) is 0.300. The SMILES string of the molecule is CCN(c1ccccc1CCCc1c[nH]c2ccc(OC)cc12)C1COc2c(F)ccc(C(N)=O)c2C1. The second kappa shape index (κ2) is 10.5. The largest absolute Gasteiger partial charge is 0.497 e. The number of benzene rings is 3. The van der Waals surface area contributed by atoms with Gasteiger partial charge in [-0.2, -0.15) is 0 Å². The number of anilines is 1. The van der Waals surface area contributed by atoms with Crippen molar-refractivity contribution in [3.63, 3.8) is 0 Å². The number of likely N-dealkylation sites (N-methyl/N-ethyl adjacent to an activating group) is 1. The molecule has 0 spiro atoms. The van der Waals surface area contributed by atoms with E-state index in [0.717, 1.165) is 42.8 Å². The molecule has 5 rings (SSSR count). The molecule has 0 fully saturated rings. The normalized spacial score (nSPS) is 14.7. The highest BCUT2D eigenvalue weighted by atomic mass is 19.1. The highest BCUT2D eigenvalue weighted by Gasteiger charge is 2.30. The number of aromatic amines is 1. The number of rotatable bonds is 9. The molecule has 1 aliphatic rings. The van der Waals surface area contributed by atoms with Crippen LogP contribution in [-0.4, -0.2) is 37.2 Å². The fourth-order valence-corrected chi connectivity index (χ4v) is 5.45. The zero-order valence-corrected chi connectivity index (χ0v) is 21.2. The number of fused-ring (bicyclic) bond motifs is 2. The van der Waals surface area contributed by atoms with Crippen molar-refractivity contribution in [2.45, 2.75) is 38.6 Å². The van der Waals surface area contributed by atoms with Crippen LogP contribution in [0.25, 0.3) is 10.9 Å². The molecule has 7 heteroatoms. The first-order chi connectivity index (χ1) is 18.0. The van der Waals surface area contributed by atoms with Crippen LogP contribution < -0.4 is 20.1 Å². The summed E-state index contributed by atoms with van der Waals surface area (Å²) in [5.41, 5.74) is 11.2. The van der Waals surface area contributed by atoms with Crippen molar-refractivity contribution in [1.29, 1.82) is 0 Å². The molecule has 3 N–H and O–H groups in total. The predicted molar refractivity (Wildman–Crippen MR) is 144 cm³/mol. The zero-order chi connectivity index (χ0) is 25.9. The van der Waals surface area contributed by atoms with Crippen molar-refractivity contribution in [3.05, 3.63) is 88.9 Å². The number of aromatic nitrogens is 1. The number of nitrogens with zero attached hydrogens (tertiary/aromatic N) is 1. The van der Waals surface area contributed by atoms with Crippen LogP contribution in [0.4, 0.5) is 10.1 Å². The molecular formula is C30H32FN3O3. The average Bonchev–Trinajstić information content (AvgIpc) is 3.32. The topological polar surface area (TPSA) is 80.6 Å². The van der Waals surface area contributed by atoms with Gasteiger partial charge in [0.05, 0.1) is 13.2 Å². The summed E-state index contributed by atoms with van der Waals surface area (Å²) in [4.78, 5) is 17.7. The predicted octanol–water partition coefficient (Wildman–Crippen LogP) is 5.42. The summed E-state index contributed by atoms with van der Waals surface area (Å²) in [7, 11) is 1.69. The zero-order valence-electron chi connectivity index (χ0n) is 21.2. The van der Waals surface area contributed by atoms with E-state index in [1.54, 1.807) is 7.11 Å². The van der Waals surface area contributed by atoms with E-state index >= 15 is 0 Å². The highest BCUT2D eigenvalue weighted by molar-refractivity contribution is 5.95. The third-order valence-electron chi connectivity index (χ3n) is 7.29. The van der Waals surface area contributed by atoms with Crippen LogP contribution in [0.2, 0.25) is 0 Å². The number of amides is 1. The van der Waals surface area contributed by atoms with E-state index in [1.165, 1.54) is 28.6 Å². The van der Waals surface area contributed by atoms with E-state index in [1.807, 2.05) is 18.2 Å². The number of primary amides is 1. The quantitative estimate of drug-likeness (QED) is 0.321. The Morgan fingerprint density at radius 1 is 1.16 bits per heavy atom. The Morgan fingerprint density at radius 3 is 2.76 bits per heavy atom. The summed E-state index contributed by atoms with van der Waals surface area (Å²) in [5, 5.41) is 1.19. The molecule has 0 bridgehead atoms.